The maximum atomic E-state index is 11.7. The fourth-order valence-electron chi connectivity index (χ4n) is 2.00. The van der Waals surface area contributed by atoms with E-state index in [9.17, 15) is 9.59 Å². The van der Waals surface area contributed by atoms with Crippen LogP contribution in [0.2, 0.25) is 0 Å². The zero-order chi connectivity index (χ0) is 11.0. The van der Waals surface area contributed by atoms with Gasteiger partial charge in [-0.05, 0) is 23.6 Å². The summed E-state index contributed by atoms with van der Waals surface area (Å²) in [5.41, 5.74) is 2.45. The van der Waals surface area contributed by atoms with E-state index in [2.05, 4.69) is 0 Å². The van der Waals surface area contributed by atoms with Gasteiger partial charge in [0.1, 0.15) is 0 Å². The summed E-state index contributed by atoms with van der Waals surface area (Å²) in [7, 11) is 0. The topological polar surface area (TPSA) is 54.4 Å². The molecule has 78 valence electrons. The van der Waals surface area contributed by atoms with Gasteiger partial charge < -0.3 is 5.11 Å². The number of carboxylic acids is 1. The molecule has 0 amide bonds. The van der Waals surface area contributed by atoms with Gasteiger partial charge in [0.25, 0.3) is 0 Å². The minimum absolute atomic E-state index is 0.0189. The van der Waals surface area contributed by atoms with Crippen molar-refractivity contribution in [2.24, 2.45) is 5.92 Å². The van der Waals surface area contributed by atoms with E-state index < -0.39 is 5.97 Å². The minimum Gasteiger partial charge on any atom is -0.481 e. The average molecular weight is 204 g/mol. The van der Waals surface area contributed by atoms with Crippen molar-refractivity contribution < 1.29 is 14.7 Å². The fourth-order valence-corrected chi connectivity index (χ4v) is 2.00. The van der Waals surface area contributed by atoms with E-state index in [1.807, 2.05) is 13.0 Å². The Balaban J connectivity index is 2.35. The molecule has 1 unspecified atom stereocenters. The number of hydrogen-bond acceptors (Lipinski definition) is 2. The van der Waals surface area contributed by atoms with Gasteiger partial charge in [-0.15, -0.1) is 0 Å². The molecule has 0 aromatic heterocycles. The van der Waals surface area contributed by atoms with Crippen molar-refractivity contribution >= 4 is 11.8 Å². The Bertz CT molecular complexity index is 434. The summed E-state index contributed by atoms with van der Waals surface area (Å²) in [6.45, 7) is 1.90. The molecule has 1 atom stereocenters. The van der Waals surface area contributed by atoms with Crippen molar-refractivity contribution in [2.75, 3.05) is 0 Å². The summed E-state index contributed by atoms with van der Waals surface area (Å²) in [6.07, 6.45) is 0.760. The Hall–Kier alpha value is -1.64. The van der Waals surface area contributed by atoms with Crippen LogP contribution in [0.15, 0.2) is 18.2 Å². The number of aliphatic carboxylic acids is 1. The molecule has 0 spiro atoms. The van der Waals surface area contributed by atoms with Crippen molar-refractivity contribution in [3.05, 3.63) is 34.9 Å². The SMILES string of the molecule is CC1Cc2ccc(CC(=O)O)cc2C1=O. The summed E-state index contributed by atoms with van der Waals surface area (Å²) in [6, 6.07) is 5.38. The Morgan fingerprint density at radius 3 is 2.93 bits per heavy atom. The average Bonchev–Trinajstić information content (AvgIpc) is 2.43. The van der Waals surface area contributed by atoms with Gasteiger partial charge in [-0.3, -0.25) is 9.59 Å². The van der Waals surface area contributed by atoms with Crippen molar-refractivity contribution in [3.8, 4) is 0 Å². The molecular weight excluding hydrogens is 192 g/mol. The van der Waals surface area contributed by atoms with Gasteiger partial charge in [0, 0.05) is 11.5 Å². The Morgan fingerprint density at radius 2 is 2.27 bits per heavy atom. The minimum atomic E-state index is -0.867. The first kappa shape index (κ1) is 9.90. The quantitative estimate of drug-likeness (QED) is 0.797. The first-order valence-corrected chi connectivity index (χ1v) is 4.95. The molecule has 0 bridgehead atoms. The third kappa shape index (κ3) is 1.77. The number of Topliss-reactive ketones (excluding diaryl/α,β-unsaturated/α-hetero) is 1. The van der Waals surface area contributed by atoms with E-state index >= 15 is 0 Å². The standard InChI is InChI=1S/C12H12O3/c1-7-4-9-3-2-8(6-11(13)14)5-10(9)12(7)15/h2-3,5,7H,4,6H2,1H3,(H,13,14). The number of hydrogen-bond donors (Lipinski definition) is 1. The summed E-state index contributed by atoms with van der Waals surface area (Å²) in [4.78, 5) is 22.2. The molecule has 1 aromatic rings. The van der Waals surface area contributed by atoms with Gasteiger partial charge in [0.15, 0.2) is 5.78 Å². The van der Waals surface area contributed by atoms with Crippen LogP contribution in [0.4, 0.5) is 0 Å². The predicted molar refractivity (Wildman–Crippen MR) is 55.0 cm³/mol. The van der Waals surface area contributed by atoms with E-state index in [1.165, 1.54) is 0 Å². The maximum absolute atomic E-state index is 11.7. The predicted octanol–water partition coefficient (Wildman–Crippen LogP) is 1.69. The van der Waals surface area contributed by atoms with Crippen LogP contribution >= 0.6 is 0 Å². The number of benzene rings is 1. The van der Waals surface area contributed by atoms with Crippen LogP contribution in [0, 0.1) is 5.92 Å². The lowest BCUT2D eigenvalue weighted by Gasteiger charge is -2.00. The molecule has 0 heterocycles. The van der Waals surface area contributed by atoms with Gasteiger partial charge in [-0.1, -0.05) is 19.1 Å². The summed E-state index contributed by atoms with van der Waals surface area (Å²) >= 11 is 0. The molecular formula is C12H12O3. The molecule has 1 aromatic carbocycles. The summed E-state index contributed by atoms with van der Waals surface area (Å²) in [5.74, 6) is -0.689. The second kappa shape index (κ2) is 3.50. The second-order valence-corrected chi connectivity index (χ2v) is 4.03. The van der Waals surface area contributed by atoms with Gasteiger partial charge in [0.2, 0.25) is 0 Å². The highest BCUT2D eigenvalue weighted by molar-refractivity contribution is 6.02. The van der Waals surface area contributed by atoms with Crippen LogP contribution in [-0.2, 0) is 17.6 Å². The summed E-state index contributed by atoms with van der Waals surface area (Å²) < 4.78 is 0. The van der Waals surface area contributed by atoms with Crippen LogP contribution < -0.4 is 0 Å². The Kier molecular flexibility index (Phi) is 2.31. The van der Waals surface area contributed by atoms with Crippen LogP contribution in [0.5, 0.6) is 0 Å². The molecule has 1 N–H and O–H groups in total. The van der Waals surface area contributed by atoms with Crippen LogP contribution in [0.1, 0.15) is 28.4 Å². The molecule has 2 rings (SSSR count). The Labute approximate surface area is 87.7 Å². The van der Waals surface area contributed by atoms with Crippen molar-refractivity contribution in [1.82, 2.24) is 0 Å². The molecule has 1 aliphatic rings. The number of carboxylic acid groups (broad SMARTS) is 1. The number of ketones is 1. The summed E-state index contributed by atoms with van der Waals surface area (Å²) in [5, 5.41) is 8.65. The monoisotopic (exact) mass is 204 g/mol. The van der Waals surface area contributed by atoms with Crippen LogP contribution in [0.3, 0.4) is 0 Å². The van der Waals surface area contributed by atoms with E-state index in [0.29, 0.717) is 11.1 Å². The first-order chi connectivity index (χ1) is 7.08. The molecule has 0 radical (unpaired) electrons. The zero-order valence-corrected chi connectivity index (χ0v) is 8.49. The molecule has 3 heteroatoms. The largest absolute Gasteiger partial charge is 0.481 e. The number of fused-ring (bicyclic) bond motifs is 1. The van der Waals surface area contributed by atoms with Gasteiger partial charge in [-0.2, -0.15) is 0 Å². The van der Waals surface area contributed by atoms with E-state index in [4.69, 9.17) is 5.11 Å². The Morgan fingerprint density at radius 1 is 1.53 bits per heavy atom. The van der Waals surface area contributed by atoms with Gasteiger partial charge >= 0.3 is 5.97 Å². The molecule has 0 fully saturated rings. The molecule has 0 aliphatic heterocycles. The lowest BCUT2D eigenvalue weighted by atomic mass is 10.0. The highest BCUT2D eigenvalue weighted by Crippen LogP contribution is 2.27. The van der Waals surface area contributed by atoms with E-state index in [0.717, 1.165) is 12.0 Å². The molecule has 0 saturated heterocycles. The van der Waals surface area contributed by atoms with Crippen LogP contribution in [-0.4, -0.2) is 16.9 Å². The molecule has 1 aliphatic carbocycles. The lowest BCUT2D eigenvalue weighted by molar-refractivity contribution is -0.136. The second-order valence-electron chi connectivity index (χ2n) is 4.03. The smallest absolute Gasteiger partial charge is 0.307 e. The number of carbonyl (C=O) groups is 2. The van der Waals surface area contributed by atoms with E-state index in [1.54, 1.807) is 12.1 Å². The van der Waals surface area contributed by atoms with Crippen LogP contribution in [0.25, 0.3) is 0 Å². The first-order valence-electron chi connectivity index (χ1n) is 4.95. The third-order valence-corrected chi connectivity index (χ3v) is 2.77. The van der Waals surface area contributed by atoms with Crippen molar-refractivity contribution in [3.63, 3.8) is 0 Å². The fraction of sp³-hybridized carbons (Fsp3) is 0.333. The maximum Gasteiger partial charge on any atom is 0.307 e. The number of rotatable bonds is 2. The number of carbonyl (C=O) groups excluding carboxylic acids is 1. The molecule has 15 heavy (non-hydrogen) atoms. The van der Waals surface area contributed by atoms with Gasteiger partial charge in [-0.25, -0.2) is 0 Å². The highest BCUT2D eigenvalue weighted by atomic mass is 16.4. The van der Waals surface area contributed by atoms with Gasteiger partial charge in [0.05, 0.1) is 6.42 Å². The normalized spacial score (nSPS) is 19.0. The lowest BCUT2D eigenvalue weighted by Crippen LogP contribution is -2.04. The molecule has 0 saturated carbocycles. The third-order valence-electron chi connectivity index (χ3n) is 2.77. The molecule has 3 nitrogen and oxygen atoms in total. The van der Waals surface area contributed by atoms with E-state index in [-0.39, 0.29) is 18.1 Å². The van der Waals surface area contributed by atoms with Crippen molar-refractivity contribution in [2.45, 2.75) is 19.8 Å². The van der Waals surface area contributed by atoms with Crippen molar-refractivity contribution in [1.29, 1.82) is 0 Å². The highest BCUT2D eigenvalue weighted by Gasteiger charge is 2.26. The zero-order valence-electron chi connectivity index (χ0n) is 8.49.